The quantitative estimate of drug-likeness (QED) is 0.322. The molecular weight excluding hydrogens is 505 g/mol. The van der Waals surface area contributed by atoms with E-state index in [1.165, 1.54) is 12.1 Å². The van der Waals surface area contributed by atoms with Crippen LogP contribution in [0.2, 0.25) is 0 Å². The first-order valence-electron chi connectivity index (χ1n) is 14.4. The maximum atomic E-state index is 13.2. The number of Topliss-reactive ketones (excluding diaryl/α,β-unsaturated/α-hetero) is 1. The van der Waals surface area contributed by atoms with Crippen LogP contribution in [-0.4, -0.2) is 48.3 Å². The molecule has 2 aromatic carbocycles. The number of nitrogens with zero attached hydrogens (tertiary/aromatic N) is 2. The number of amides is 1. The number of piperidine rings is 1. The zero-order valence-electron chi connectivity index (χ0n) is 23.2. The Labute approximate surface area is 235 Å². The van der Waals surface area contributed by atoms with Crippen molar-refractivity contribution in [3.8, 4) is 17.0 Å². The van der Waals surface area contributed by atoms with E-state index < -0.39 is 5.91 Å². The van der Waals surface area contributed by atoms with Gasteiger partial charge in [-0.15, -0.1) is 0 Å². The Morgan fingerprint density at radius 1 is 0.975 bits per heavy atom. The number of carbonyl (C=O) groups is 2. The number of primary amides is 1. The summed E-state index contributed by atoms with van der Waals surface area (Å²) in [4.78, 5) is 32.2. The molecule has 2 fully saturated rings. The van der Waals surface area contributed by atoms with Crippen LogP contribution in [0.1, 0.15) is 77.1 Å². The van der Waals surface area contributed by atoms with Crippen molar-refractivity contribution in [1.29, 1.82) is 0 Å². The third-order valence-corrected chi connectivity index (χ3v) is 8.80. The van der Waals surface area contributed by atoms with Gasteiger partial charge in [-0.2, -0.15) is 0 Å². The van der Waals surface area contributed by atoms with Crippen molar-refractivity contribution in [2.75, 3.05) is 26.7 Å². The molecule has 1 amide bonds. The Morgan fingerprint density at radius 3 is 2.33 bits per heavy atom. The molecule has 2 N–H and O–H groups in total. The molecule has 1 saturated heterocycles. The van der Waals surface area contributed by atoms with Crippen molar-refractivity contribution in [2.24, 2.45) is 17.6 Å². The summed E-state index contributed by atoms with van der Waals surface area (Å²) < 4.78 is 19.1. The Morgan fingerprint density at radius 2 is 1.70 bits per heavy atom. The minimum Gasteiger partial charge on any atom is -0.496 e. The summed E-state index contributed by atoms with van der Waals surface area (Å²) in [5.41, 5.74) is 9.57. The summed E-state index contributed by atoms with van der Waals surface area (Å²) in [5, 5.41) is 0. The van der Waals surface area contributed by atoms with Crippen molar-refractivity contribution < 1.29 is 18.7 Å². The predicted molar refractivity (Wildman–Crippen MR) is 154 cm³/mol. The van der Waals surface area contributed by atoms with Crippen molar-refractivity contribution in [3.05, 3.63) is 83.3 Å². The highest BCUT2D eigenvalue weighted by Gasteiger charge is 2.31. The van der Waals surface area contributed by atoms with E-state index in [1.807, 2.05) is 30.3 Å². The Hall–Kier alpha value is -3.58. The molecule has 1 saturated carbocycles. The molecule has 1 aromatic heterocycles. The number of rotatable bonds is 9. The minimum atomic E-state index is -0.427. The first-order chi connectivity index (χ1) is 19.4. The predicted octanol–water partition coefficient (Wildman–Crippen LogP) is 6.25. The van der Waals surface area contributed by atoms with Gasteiger partial charge in [0.05, 0.1) is 12.8 Å². The fourth-order valence-electron chi connectivity index (χ4n) is 6.54. The number of ether oxygens (including phenoxy) is 1. The van der Waals surface area contributed by atoms with Gasteiger partial charge in [0.1, 0.15) is 11.6 Å². The lowest BCUT2D eigenvalue weighted by Crippen LogP contribution is -2.37. The molecule has 6 nitrogen and oxygen atoms in total. The van der Waals surface area contributed by atoms with Crippen molar-refractivity contribution in [2.45, 2.75) is 50.9 Å². The monoisotopic (exact) mass is 543 g/mol. The van der Waals surface area contributed by atoms with E-state index in [0.717, 1.165) is 81.4 Å². The highest BCUT2D eigenvalue weighted by atomic mass is 19.1. The third kappa shape index (κ3) is 6.25. The molecule has 1 aliphatic heterocycles. The maximum Gasteiger partial charge on any atom is 0.249 e. The lowest BCUT2D eigenvalue weighted by molar-refractivity contribution is 0.0832. The molecule has 0 bridgehead atoms. The van der Waals surface area contributed by atoms with Gasteiger partial charge < -0.3 is 15.4 Å². The second-order valence-corrected chi connectivity index (χ2v) is 11.2. The normalized spacial score (nSPS) is 20.2. The summed E-state index contributed by atoms with van der Waals surface area (Å²) in [6.45, 7) is 2.89. The molecule has 7 heteroatoms. The number of aromatic nitrogens is 1. The summed E-state index contributed by atoms with van der Waals surface area (Å²) >= 11 is 0. The van der Waals surface area contributed by atoms with Crippen molar-refractivity contribution in [3.63, 3.8) is 0 Å². The first kappa shape index (κ1) is 28.0. The zero-order valence-corrected chi connectivity index (χ0v) is 23.2. The fourth-order valence-corrected chi connectivity index (χ4v) is 6.54. The molecule has 3 aromatic rings. The van der Waals surface area contributed by atoms with Gasteiger partial charge in [0.25, 0.3) is 0 Å². The van der Waals surface area contributed by atoms with Crippen LogP contribution >= 0.6 is 0 Å². The van der Waals surface area contributed by atoms with Gasteiger partial charge in [-0.05, 0) is 125 Å². The average Bonchev–Trinajstić information content (AvgIpc) is 3.00. The molecule has 0 atom stereocenters. The second-order valence-electron chi connectivity index (χ2n) is 11.2. The minimum absolute atomic E-state index is 0.0217. The van der Waals surface area contributed by atoms with Gasteiger partial charge in [-0.1, -0.05) is 6.07 Å². The second kappa shape index (κ2) is 12.7. The number of carbonyl (C=O) groups excluding carboxylic acids is 2. The van der Waals surface area contributed by atoms with Crippen LogP contribution in [0.3, 0.4) is 0 Å². The first-order valence-corrected chi connectivity index (χ1v) is 14.4. The summed E-state index contributed by atoms with van der Waals surface area (Å²) in [7, 11) is 1.65. The molecule has 0 spiro atoms. The zero-order chi connectivity index (χ0) is 28.1. The number of hydrogen-bond donors (Lipinski definition) is 1. The van der Waals surface area contributed by atoms with Crippen LogP contribution in [-0.2, 0) is 0 Å². The lowest BCUT2D eigenvalue weighted by atomic mass is 9.75. The highest BCUT2D eigenvalue weighted by molar-refractivity contribution is 5.98. The van der Waals surface area contributed by atoms with E-state index in [4.69, 9.17) is 10.5 Å². The topological polar surface area (TPSA) is 85.5 Å². The number of halogens is 1. The van der Waals surface area contributed by atoms with Crippen molar-refractivity contribution in [1.82, 2.24) is 9.88 Å². The molecule has 0 radical (unpaired) electrons. The Balaban J connectivity index is 1.16. The highest BCUT2D eigenvalue weighted by Crippen LogP contribution is 2.45. The van der Waals surface area contributed by atoms with Crippen LogP contribution in [0.5, 0.6) is 5.75 Å². The molecule has 210 valence electrons. The smallest absolute Gasteiger partial charge is 0.249 e. The molecular formula is C33H38FN3O3. The molecule has 2 heterocycles. The van der Waals surface area contributed by atoms with E-state index in [9.17, 15) is 14.0 Å². The fraction of sp³-hybridized carbons (Fsp3) is 0.424. The molecule has 1 aliphatic carbocycles. The maximum absolute atomic E-state index is 13.2. The molecule has 5 rings (SSSR count). The van der Waals surface area contributed by atoms with Crippen LogP contribution < -0.4 is 10.5 Å². The van der Waals surface area contributed by atoms with Gasteiger partial charge in [0.15, 0.2) is 5.78 Å². The standard InChI is InChI=1S/C33H38FN3O3/c1-40-32-27(29-4-2-3-18-36-29)13-14-28(33(35)39)30(32)23-7-5-22(6-8-23)15-19-37-20-16-25(17-21-37)31(38)24-9-11-26(34)12-10-24/h2-4,9-14,18,22-23,25H,5-8,15-17,19-21H2,1H3,(H2,35,39). The molecule has 40 heavy (non-hydrogen) atoms. The Kier molecular flexibility index (Phi) is 8.90. The lowest BCUT2D eigenvalue weighted by Gasteiger charge is -2.34. The summed E-state index contributed by atoms with van der Waals surface area (Å²) in [5.74, 6) is 0.971. The molecule has 2 aliphatic rings. The number of ketones is 1. The summed E-state index contributed by atoms with van der Waals surface area (Å²) in [6, 6.07) is 15.4. The van der Waals surface area contributed by atoms with E-state index in [2.05, 4.69) is 9.88 Å². The van der Waals surface area contributed by atoms with E-state index >= 15 is 0 Å². The number of hydrogen-bond acceptors (Lipinski definition) is 5. The number of benzene rings is 2. The number of nitrogens with two attached hydrogens (primary N) is 1. The summed E-state index contributed by atoms with van der Waals surface area (Å²) in [6.07, 6.45) is 8.77. The van der Waals surface area contributed by atoms with Crippen LogP contribution in [0.25, 0.3) is 11.3 Å². The van der Waals surface area contributed by atoms with E-state index in [-0.39, 0.29) is 23.4 Å². The number of methoxy groups -OCH3 is 1. The van der Waals surface area contributed by atoms with Gasteiger partial charge >= 0.3 is 0 Å². The average molecular weight is 544 g/mol. The number of likely N-dealkylation sites (tertiary alicyclic amines) is 1. The number of pyridine rings is 1. The van der Waals surface area contributed by atoms with Crippen molar-refractivity contribution >= 4 is 11.7 Å². The van der Waals surface area contributed by atoms with E-state index in [1.54, 1.807) is 25.4 Å². The van der Waals surface area contributed by atoms with Gasteiger partial charge in [0.2, 0.25) is 5.91 Å². The molecule has 0 unspecified atom stereocenters. The largest absolute Gasteiger partial charge is 0.496 e. The van der Waals surface area contributed by atoms with Gasteiger partial charge in [-0.25, -0.2) is 4.39 Å². The van der Waals surface area contributed by atoms with Crippen LogP contribution in [0, 0.1) is 17.7 Å². The van der Waals surface area contributed by atoms with Crippen LogP contribution in [0.4, 0.5) is 4.39 Å². The Bertz CT molecular complexity index is 1310. The van der Waals surface area contributed by atoms with Crippen LogP contribution in [0.15, 0.2) is 60.8 Å². The SMILES string of the molecule is COc1c(-c2ccccn2)ccc(C(N)=O)c1C1CCC(CCN2CCC(C(=O)c3ccc(F)cc3)CC2)CC1. The van der Waals surface area contributed by atoms with E-state index in [0.29, 0.717) is 22.8 Å². The van der Waals surface area contributed by atoms with Gasteiger partial charge in [-0.3, -0.25) is 14.6 Å². The third-order valence-electron chi connectivity index (χ3n) is 8.80. The van der Waals surface area contributed by atoms with Gasteiger partial charge in [0, 0.05) is 34.4 Å².